The first kappa shape index (κ1) is 22.0. The number of halogens is 5. The van der Waals surface area contributed by atoms with E-state index in [1.165, 1.54) is 6.07 Å². The predicted octanol–water partition coefficient (Wildman–Crippen LogP) is 3.65. The third-order valence-electron chi connectivity index (χ3n) is 3.94. The molecule has 1 fully saturated rings. The third kappa shape index (κ3) is 7.01. The van der Waals surface area contributed by atoms with E-state index in [-0.39, 0.29) is 35.6 Å². The van der Waals surface area contributed by atoms with Gasteiger partial charge < -0.3 is 10.6 Å². The number of piperidine rings is 1. The van der Waals surface area contributed by atoms with E-state index in [2.05, 4.69) is 10.6 Å². The van der Waals surface area contributed by atoms with Gasteiger partial charge in [0.1, 0.15) is 0 Å². The normalized spacial score (nSPS) is 17.9. The van der Waals surface area contributed by atoms with Crippen molar-refractivity contribution in [2.75, 3.05) is 38.5 Å². The van der Waals surface area contributed by atoms with Crippen LogP contribution in [0.1, 0.15) is 18.4 Å². The van der Waals surface area contributed by atoms with Gasteiger partial charge in [-0.3, -0.25) is 9.69 Å². The summed E-state index contributed by atoms with van der Waals surface area (Å²) in [4.78, 5) is 13.9. The van der Waals surface area contributed by atoms with Crippen LogP contribution in [0.15, 0.2) is 18.2 Å². The fourth-order valence-electron chi connectivity index (χ4n) is 2.85. The van der Waals surface area contributed by atoms with Crippen molar-refractivity contribution >= 4 is 35.6 Å². The topological polar surface area (TPSA) is 44.4 Å². The number of carbonyl (C=O) groups excluding carboxylic acids is 1. The molecule has 1 amide bonds. The van der Waals surface area contributed by atoms with Gasteiger partial charge in [-0.15, -0.1) is 12.4 Å². The highest BCUT2D eigenvalue weighted by Crippen LogP contribution is 2.36. The van der Waals surface area contributed by atoms with Crippen LogP contribution in [0, 0.1) is 5.92 Å². The van der Waals surface area contributed by atoms with Crippen LogP contribution in [0.5, 0.6) is 0 Å². The molecular formula is C16H22Cl2F3N3O. The van der Waals surface area contributed by atoms with Crippen molar-refractivity contribution in [3.63, 3.8) is 0 Å². The Morgan fingerprint density at radius 1 is 1.44 bits per heavy atom. The minimum absolute atomic E-state index is 0. The number of amides is 1. The van der Waals surface area contributed by atoms with E-state index in [9.17, 15) is 18.0 Å². The molecule has 1 saturated heterocycles. The number of nitrogens with one attached hydrogen (secondary N) is 2. The highest BCUT2D eigenvalue weighted by atomic mass is 35.5. The van der Waals surface area contributed by atoms with Gasteiger partial charge in [-0.1, -0.05) is 11.6 Å². The highest BCUT2D eigenvalue weighted by Gasteiger charge is 2.33. The molecule has 0 saturated carbocycles. The monoisotopic (exact) mass is 399 g/mol. The molecule has 1 heterocycles. The molecule has 0 spiro atoms. The summed E-state index contributed by atoms with van der Waals surface area (Å²) < 4.78 is 38.5. The van der Waals surface area contributed by atoms with Gasteiger partial charge in [-0.2, -0.15) is 13.2 Å². The SMILES string of the molecule is CN(CC(=O)Nc1ccc(Cl)c(C(F)(F)F)c1)CC1CCCNC1.Cl. The largest absolute Gasteiger partial charge is 0.417 e. The summed E-state index contributed by atoms with van der Waals surface area (Å²) in [6.07, 6.45) is -2.32. The highest BCUT2D eigenvalue weighted by molar-refractivity contribution is 6.31. The lowest BCUT2D eigenvalue weighted by atomic mass is 9.99. The second kappa shape index (κ2) is 9.62. The second-order valence-corrected chi connectivity index (χ2v) is 6.56. The van der Waals surface area contributed by atoms with Crippen molar-refractivity contribution in [3.05, 3.63) is 28.8 Å². The van der Waals surface area contributed by atoms with Crippen LogP contribution in [0.3, 0.4) is 0 Å². The van der Waals surface area contributed by atoms with E-state index in [0.29, 0.717) is 5.92 Å². The zero-order chi connectivity index (χ0) is 17.7. The van der Waals surface area contributed by atoms with Gasteiger partial charge in [0.2, 0.25) is 5.91 Å². The van der Waals surface area contributed by atoms with E-state index in [1.54, 1.807) is 0 Å². The number of carbonyl (C=O) groups is 1. The maximum absolute atomic E-state index is 12.8. The van der Waals surface area contributed by atoms with Crippen LogP contribution >= 0.6 is 24.0 Å². The molecule has 142 valence electrons. The summed E-state index contributed by atoms with van der Waals surface area (Å²) in [5.74, 6) is 0.139. The van der Waals surface area contributed by atoms with Gasteiger partial charge in [0, 0.05) is 12.2 Å². The van der Waals surface area contributed by atoms with Gasteiger partial charge in [-0.05, 0) is 57.1 Å². The molecule has 0 aromatic heterocycles. The van der Waals surface area contributed by atoms with E-state index >= 15 is 0 Å². The summed E-state index contributed by atoms with van der Waals surface area (Å²) in [7, 11) is 1.83. The van der Waals surface area contributed by atoms with E-state index in [0.717, 1.165) is 44.6 Å². The Morgan fingerprint density at radius 3 is 2.76 bits per heavy atom. The molecule has 0 aliphatic carbocycles. The standard InChI is InChI=1S/C16H21ClF3N3O.ClH/c1-23(9-11-3-2-6-21-8-11)10-15(24)22-12-4-5-14(17)13(7-12)16(18,19)20;/h4-5,7,11,21H,2-3,6,8-10H2,1H3,(H,22,24);1H. The van der Waals surface area contributed by atoms with Crippen LogP contribution in [0.4, 0.5) is 18.9 Å². The van der Waals surface area contributed by atoms with Crippen LogP contribution in [0.2, 0.25) is 5.02 Å². The number of rotatable bonds is 5. The van der Waals surface area contributed by atoms with Crippen LogP contribution < -0.4 is 10.6 Å². The van der Waals surface area contributed by atoms with Crippen molar-refractivity contribution in [2.24, 2.45) is 5.92 Å². The van der Waals surface area contributed by atoms with E-state index in [1.807, 2.05) is 11.9 Å². The average Bonchev–Trinajstić information content (AvgIpc) is 2.48. The van der Waals surface area contributed by atoms with Crippen LogP contribution in [0.25, 0.3) is 0 Å². The molecule has 1 aromatic carbocycles. The molecule has 0 radical (unpaired) electrons. The van der Waals surface area contributed by atoms with Gasteiger partial charge in [-0.25, -0.2) is 0 Å². The number of likely N-dealkylation sites (N-methyl/N-ethyl adjacent to an activating group) is 1. The molecule has 1 unspecified atom stereocenters. The predicted molar refractivity (Wildman–Crippen MR) is 95.4 cm³/mol. The van der Waals surface area contributed by atoms with Gasteiger partial charge >= 0.3 is 6.18 Å². The number of nitrogens with zero attached hydrogens (tertiary/aromatic N) is 1. The Labute approximate surface area is 156 Å². The minimum Gasteiger partial charge on any atom is -0.325 e. The summed E-state index contributed by atoms with van der Waals surface area (Å²) in [5, 5.41) is 5.42. The first-order valence-electron chi connectivity index (χ1n) is 7.81. The zero-order valence-corrected chi connectivity index (χ0v) is 15.4. The van der Waals surface area contributed by atoms with Gasteiger partial charge in [0.25, 0.3) is 0 Å². The lowest BCUT2D eigenvalue weighted by Crippen LogP contribution is -2.39. The summed E-state index contributed by atoms with van der Waals surface area (Å²) in [6.45, 7) is 2.85. The third-order valence-corrected chi connectivity index (χ3v) is 4.27. The van der Waals surface area contributed by atoms with Crippen LogP contribution in [-0.2, 0) is 11.0 Å². The Kier molecular flexibility index (Phi) is 8.47. The Hall–Kier alpha value is -1.02. The molecule has 25 heavy (non-hydrogen) atoms. The zero-order valence-electron chi connectivity index (χ0n) is 13.8. The molecule has 2 N–H and O–H groups in total. The molecule has 1 aliphatic rings. The molecule has 1 aromatic rings. The molecule has 0 bridgehead atoms. The maximum Gasteiger partial charge on any atom is 0.417 e. The molecule has 4 nitrogen and oxygen atoms in total. The van der Waals surface area contributed by atoms with E-state index in [4.69, 9.17) is 11.6 Å². The number of alkyl halides is 3. The Balaban J connectivity index is 0.00000312. The summed E-state index contributed by atoms with van der Waals surface area (Å²) in [5.41, 5.74) is -0.868. The Bertz CT molecular complexity index is 578. The van der Waals surface area contributed by atoms with Crippen molar-refractivity contribution in [3.8, 4) is 0 Å². The summed E-state index contributed by atoms with van der Waals surface area (Å²) in [6, 6.07) is 3.35. The molecule has 1 atom stereocenters. The smallest absolute Gasteiger partial charge is 0.325 e. The first-order chi connectivity index (χ1) is 11.3. The fraction of sp³-hybridized carbons (Fsp3) is 0.562. The minimum atomic E-state index is -4.55. The Morgan fingerprint density at radius 2 is 2.16 bits per heavy atom. The summed E-state index contributed by atoms with van der Waals surface area (Å²) >= 11 is 5.56. The number of benzene rings is 1. The first-order valence-corrected chi connectivity index (χ1v) is 8.19. The fourth-order valence-corrected chi connectivity index (χ4v) is 3.08. The lowest BCUT2D eigenvalue weighted by molar-refractivity contribution is -0.137. The van der Waals surface area contributed by atoms with Crippen molar-refractivity contribution in [1.29, 1.82) is 0 Å². The molecule has 2 rings (SSSR count). The van der Waals surface area contributed by atoms with Gasteiger partial charge in [0.15, 0.2) is 0 Å². The molecule has 1 aliphatic heterocycles. The molecular weight excluding hydrogens is 378 g/mol. The maximum atomic E-state index is 12.8. The van der Waals surface area contributed by atoms with Crippen molar-refractivity contribution in [1.82, 2.24) is 10.2 Å². The van der Waals surface area contributed by atoms with Crippen molar-refractivity contribution < 1.29 is 18.0 Å². The number of hydrogen-bond donors (Lipinski definition) is 2. The van der Waals surface area contributed by atoms with E-state index < -0.39 is 11.7 Å². The number of anilines is 1. The molecule has 9 heteroatoms. The quantitative estimate of drug-likeness (QED) is 0.793. The van der Waals surface area contributed by atoms with Gasteiger partial charge in [0.05, 0.1) is 17.1 Å². The second-order valence-electron chi connectivity index (χ2n) is 6.15. The lowest BCUT2D eigenvalue weighted by Gasteiger charge is -2.27. The van der Waals surface area contributed by atoms with Crippen LogP contribution in [-0.4, -0.2) is 44.0 Å². The van der Waals surface area contributed by atoms with Crippen molar-refractivity contribution in [2.45, 2.75) is 19.0 Å². The average molecular weight is 400 g/mol. The number of hydrogen-bond acceptors (Lipinski definition) is 3.